The molecule has 0 unspecified atom stereocenters. The molecule has 114 valence electrons. The standard InChI is InChI=1S/C17H13N3O3/c1-21-14-8-6-12(7-9-14)17-19-16(20-23-17)11-22-15-5-3-2-4-13(15)10-18/h2-9H,11H2,1H3. The largest absolute Gasteiger partial charge is 0.497 e. The normalized spacial score (nSPS) is 10.1. The van der Waals surface area contributed by atoms with Crippen LogP contribution in [0.15, 0.2) is 53.1 Å². The van der Waals surface area contributed by atoms with Gasteiger partial charge in [0.25, 0.3) is 5.89 Å². The van der Waals surface area contributed by atoms with E-state index in [4.69, 9.17) is 19.3 Å². The average molecular weight is 307 g/mol. The Morgan fingerprint density at radius 2 is 1.91 bits per heavy atom. The molecule has 0 spiro atoms. The maximum atomic E-state index is 9.02. The van der Waals surface area contributed by atoms with E-state index in [2.05, 4.69) is 16.2 Å². The summed E-state index contributed by atoms with van der Waals surface area (Å²) in [6.07, 6.45) is 0. The van der Waals surface area contributed by atoms with Crippen LogP contribution in [0.4, 0.5) is 0 Å². The average Bonchev–Trinajstić information content (AvgIpc) is 3.09. The molecule has 0 amide bonds. The molecule has 0 aliphatic heterocycles. The van der Waals surface area contributed by atoms with Crippen molar-refractivity contribution in [3.05, 3.63) is 59.9 Å². The van der Waals surface area contributed by atoms with Crippen molar-refractivity contribution in [3.63, 3.8) is 0 Å². The Balaban J connectivity index is 1.71. The number of rotatable bonds is 5. The molecule has 0 bridgehead atoms. The Kier molecular flexibility index (Phi) is 4.20. The van der Waals surface area contributed by atoms with Crippen LogP contribution < -0.4 is 9.47 Å². The summed E-state index contributed by atoms with van der Waals surface area (Å²) in [5.74, 6) is 2.05. The van der Waals surface area contributed by atoms with Gasteiger partial charge in [-0.25, -0.2) is 0 Å². The molecule has 0 atom stereocenters. The number of aromatic nitrogens is 2. The van der Waals surface area contributed by atoms with Crippen LogP contribution in [0.2, 0.25) is 0 Å². The Hall–Kier alpha value is -3.33. The highest BCUT2D eigenvalue weighted by molar-refractivity contribution is 5.54. The van der Waals surface area contributed by atoms with E-state index in [1.165, 1.54) is 0 Å². The smallest absolute Gasteiger partial charge is 0.258 e. The van der Waals surface area contributed by atoms with Gasteiger partial charge in [-0.2, -0.15) is 10.2 Å². The van der Waals surface area contributed by atoms with Crippen molar-refractivity contribution in [1.82, 2.24) is 10.1 Å². The lowest BCUT2D eigenvalue weighted by atomic mass is 10.2. The summed E-state index contributed by atoms with van der Waals surface area (Å²) in [6.45, 7) is 0.123. The van der Waals surface area contributed by atoms with E-state index in [1.54, 1.807) is 31.4 Å². The first-order valence-corrected chi connectivity index (χ1v) is 6.89. The predicted octanol–water partition coefficient (Wildman–Crippen LogP) is 3.20. The van der Waals surface area contributed by atoms with Gasteiger partial charge in [-0.15, -0.1) is 0 Å². The molecule has 6 heteroatoms. The van der Waals surface area contributed by atoms with Gasteiger partial charge in [0.15, 0.2) is 6.61 Å². The Labute approximate surface area is 132 Å². The van der Waals surface area contributed by atoms with Crippen LogP contribution in [0.3, 0.4) is 0 Å². The molecule has 0 saturated carbocycles. The highest BCUT2D eigenvalue weighted by Crippen LogP contribution is 2.22. The molecular weight excluding hydrogens is 294 g/mol. The van der Waals surface area contributed by atoms with Crippen LogP contribution >= 0.6 is 0 Å². The summed E-state index contributed by atoms with van der Waals surface area (Å²) in [5.41, 5.74) is 1.26. The number of ether oxygens (including phenoxy) is 2. The summed E-state index contributed by atoms with van der Waals surface area (Å²) < 4.78 is 15.9. The molecule has 0 saturated heterocycles. The first-order valence-electron chi connectivity index (χ1n) is 6.89. The van der Waals surface area contributed by atoms with E-state index in [0.717, 1.165) is 11.3 Å². The van der Waals surface area contributed by atoms with Gasteiger partial charge >= 0.3 is 0 Å². The van der Waals surface area contributed by atoms with Crippen molar-refractivity contribution < 1.29 is 14.0 Å². The van der Waals surface area contributed by atoms with E-state index in [-0.39, 0.29) is 6.61 Å². The van der Waals surface area contributed by atoms with Gasteiger partial charge < -0.3 is 14.0 Å². The van der Waals surface area contributed by atoms with Crippen molar-refractivity contribution in [2.75, 3.05) is 7.11 Å². The van der Waals surface area contributed by atoms with Gasteiger partial charge in [0.05, 0.1) is 12.7 Å². The monoisotopic (exact) mass is 307 g/mol. The van der Waals surface area contributed by atoms with Crippen molar-refractivity contribution in [1.29, 1.82) is 5.26 Å². The van der Waals surface area contributed by atoms with Gasteiger partial charge in [-0.05, 0) is 36.4 Å². The summed E-state index contributed by atoms with van der Waals surface area (Å²) in [5, 5.41) is 12.9. The van der Waals surface area contributed by atoms with Gasteiger partial charge in [-0.3, -0.25) is 0 Å². The number of methoxy groups -OCH3 is 1. The van der Waals surface area contributed by atoms with Crippen molar-refractivity contribution in [2.45, 2.75) is 6.61 Å². The van der Waals surface area contributed by atoms with Crippen LogP contribution in [0.5, 0.6) is 11.5 Å². The maximum Gasteiger partial charge on any atom is 0.258 e. The van der Waals surface area contributed by atoms with E-state index in [0.29, 0.717) is 23.0 Å². The molecule has 3 rings (SSSR count). The van der Waals surface area contributed by atoms with Crippen molar-refractivity contribution in [3.8, 4) is 29.0 Å². The molecule has 2 aromatic carbocycles. The summed E-state index contributed by atoms with van der Waals surface area (Å²) in [4.78, 5) is 4.28. The van der Waals surface area contributed by atoms with E-state index >= 15 is 0 Å². The third-order valence-corrected chi connectivity index (χ3v) is 3.17. The lowest BCUT2D eigenvalue weighted by molar-refractivity contribution is 0.286. The second kappa shape index (κ2) is 6.62. The molecule has 0 aliphatic rings. The number of nitriles is 1. The topological polar surface area (TPSA) is 81.2 Å². The molecule has 3 aromatic rings. The SMILES string of the molecule is COc1ccc(-c2nc(COc3ccccc3C#N)no2)cc1. The Morgan fingerprint density at radius 3 is 2.65 bits per heavy atom. The van der Waals surface area contributed by atoms with Crippen LogP contribution in [0.25, 0.3) is 11.5 Å². The van der Waals surface area contributed by atoms with Gasteiger partial charge in [-0.1, -0.05) is 17.3 Å². The zero-order valence-electron chi connectivity index (χ0n) is 12.4. The maximum absolute atomic E-state index is 9.02. The molecule has 1 heterocycles. The quantitative estimate of drug-likeness (QED) is 0.720. The first kappa shape index (κ1) is 14.6. The van der Waals surface area contributed by atoms with E-state index in [1.807, 2.05) is 24.3 Å². The third kappa shape index (κ3) is 3.30. The first-order chi connectivity index (χ1) is 11.3. The second-order valence-electron chi connectivity index (χ2n) is 4.64. The summed E-state index contributed by atoms with van der Waals surface area (Å²) in [7, 11) is 1.61. The van der Waals surface area contributed by atoms with Gasteiger partial charge in [0.1, 0.15) is 17.6 Å². The van der Waals surface area contributed by atoms with Crippen LogP contribution in [-0.2, 0) is 6.61 Å². The highest BCUT2D eigenvalue weighted by atomic mass is 16.5. The molecule has 6 nitrogen and oxygen atoms in total. The molecule has 0 aliphatic carbocycles. The highest BCUT2D eigenvalue weighted by Gasteiger charge is 2.10. The number of nitrogens with zero attached hydrogens (tertiary/aromatic N) is 3. The fourth-order valence-electron chi connectivity index (χ4n) is 1.99. The zero-order chi connectivity index (χ0) is 16.1. The molecule has 0 fully saturated rings. The Morgan fingerprint density at radius 1 is 1.13 bits per heavy atom. The van der Waals surface area contributed by atoms with E-state index < -0.39 is 0 Å². The number of benzene rings is 2. The predicted molar refractivity (Wildman–Crippen MR) is 81.8 cm³/mol. The molecule has 0 radical (unpaired) electrons. The van der Waals surface area contributed by atoms with Crippen LogP contribution in [-0.4, -0.2) is 17.3 Å². The van der Waals surface area contributed by atoms with Crippen LogP contribution in [0, 0.1) is 11.3 Å². The van der Waals surface area contributed by atoms with Gasteiger partial charge in [0, 0.05) is 5.56 Å². The minimum Gasteiger partial charge on any atom is -0.497 e. The van der Waals surface area contributed by atoms with Gasteiger partial charge in [0.2, 0.25) is 5.82 Å². The lowest BCUT2D eigenvalue weighted by Crippen LogP contribution is -1.99. The third-order valence-electron chi connectivity index (χ3n) is 3.17. The van der Waals surface area contributed by atoms with Crippen molar-refractivity contribution in [2.24, 2.45) is 0 Å². The van der Waals surface area contributed by atoms with E-state index in [9.17, 15) is 0 Å². The fourth-order valence-corrected chi connectivity index (χ4v) is 1.99. The lowest BCUT2D eigenvalue weighted by Gasteiger charge is -2.04. The molecule has 23 heavy (non-hydrogen) atoms. The molecule has 1 aromatic heterocycles. The number of hydrogen-bond donors (Lipinski definition) is 0. The number of para-hydroxylation sites is 1. The van der Waals surface area contributed by atoms with Crippen molar-refractivity contribution >= 4 is 0 Å². The molecular formula is C17H13N3O3. The second-order valence-corrected chi connectivity index (χ2v) is 4.64. The minimum absolute atomic E-state index is 0.123. The molecule has 0 N–H and O–H groups in total. The van der Waals surface area contributed by atoms with Crippen LogP contribution in [0.1, 0.15) is 11.4 Å². The Bertz CT molecular complexity index is 835. The summed E-state index contributed by atoms with van der Waals surface area (Å²) >= 11 is 0. The summed E-state index contributed by atoms with van der Waals surface area (Å²) in [6, 6.07) is 16.4. The fraction of sp³-hybridized carbons (Fsp3) is 0.118. The minimum atomic E-state index is 0.123. The number of hydrogen-bond acceptors (Lipinski definition) is 6. The zero-order valence-corrected chi connectivity index (χ0v) is 12.4.